The number of aromatic nitrogens is 1. The van der Waals surface area contributed by atoms with Gasteiger partial charge in [0.1, 0.15) is 5.82 Å². The van der Waals surface area contributed by atoms with Gasteiger partial charge in [-0.15, -0.1) is 0 Å². The number of hydrogen-bond acceptors (Lipinski definition) is 3. The number of nitrogens with zero attached hydrogens (tertiary/aromatic N) is 2. The lowest BCUT2D eigenvalue weighted by Crippen LogP contribution is -2.28. The summed E-state index contributed by atoms with van der Waals surface area (Å²) in [7, 11) is 0. The van der Waals surface area contributed by atoms with Gasteiger partial charge >= 0.3 is 0 Å². The summed E-state index contributed by atoms with van der Waals surface area (Å²) in [6.07, 6.45) is 2.15. The van der Waals surface area contributed by atoms with Gasteiger partial charge < -0.3 is 10.2 Å². The van der Waals surface area contributed by atoms with Gasteiger partial charge in [0.05, 0.1) is 0 Å². The molecule has 1 aromatic rings. The van der Waals surface area contributed by atoms with E-state index in [-0.39, 0.29) is 5.91 Å². The molecule has 1 aliphatic rings. The first kappa shape index (κ1) is 13.8. The number of likely N-dealkylation sites (tertiary alicyclic amines) is 1. The number of hydrogen-bond donors (Lipinski definition) is 1. The molecule has 1 saturated heterocycles. The third-order valence-electron chi connectivity index (χ3n) is 3.47. The van der Waals surface area contributed by atoms with E-state index in [0.29, 0.717) is 5.92 Å². The zero-order valence-electron chi connectivity index (χ0n) is 12.1. The van der Waals surface area contributed by atoms with Crippen molar-refractivity contribution < 1.29 is 4.79 Å². The number of nitrogens with one attached hydrogen (secondary N) is 1. The largest absolute Gasteiger partial charge is 0.370 e. The molecular formula is C15H23N3O. The van der Waals surface area contributed by atoms with Crippen LogP contribution in [-0.4, -0.2) is 35.4 Å². The molecule has 0 radical (unpaired) electrons. The molecule has 1 atom stereocenters. The summed E-state index contributed by atoms with van der Waals surface area (Å²) in [6, 6.07) is 3.75. The van der Waals surface area contributed by atoms with Gasteiger partial charge in [-0.2, -0.15) is 0 Å². The van der Waals surface area contributed by atoms with Crippen molar-refractivity contribution in [3.8, 4) is 0 Å². The van der Waals surface area contributed by atoms with Crippen LogP contribution in [0.2, 0.25) is 0 Å². The molecule has 1 aliphatic heterocycles. The van der Waals surface area contributed by atoms with Gasteiger partial charge in [-0.25, -0.2) is 4.98 Å². The molecule has 104 valence electrons. The second-order valence-corrected chi connectivity index (χ2v) is 5.45. The Morgan fingerprint density at radius 1 is 1.53 bits per heavy atom. The average Bonchev–Trinajstić information content (AvgIpc) is 2.81. The first-order chi connectivity index (χ1) is 9.10. The van der Waals surface area contributed by atoms with Gasteiger partial charge in [0.25, 0.3) is 5.91 Å². The lowest BCUT2D eigenvalue weighted by Gasteiger charge is -2.17. The number of aryl methyl sites for hydroxylation is 1. The van der Waals surface area contributed by atoms with Crippen LogP contribution in [0.1, 0.15) is 42.7 Å². The van der Waals surface area contributed by atoms with Crippen LogP contribution in [0.4, 0.5) is 5.82 Å². The van der Waals surface area contributed by atoms with E-state index >= 15 is 0 Å². The van der Waals surface area contributed by atoms with Crippen LogP contribution in [0, 0.1) is 12.8 Å². The van der Waals surface area contributed by atoms with E-state index in [1.54, 1.807) is 0 Å². The van der Waals surface area contributed by atoms with Crippen molar-refractivity contribution in [3.05, 3.63) is 23.4 Å². The monoisotopic (exact) mass is 261 g/mol. The zero-order valence-corrected chi connectivity index (χ0v) is 12.1. The smallest absolute Gasteiger partial charge is 0.254 e. The second kappa shape index (κ2) is 6.04. The Balaban J connectivity index is 2.14. The molecule has 0 spiro atoms. The molecule has 0 aliphatic carbocycles. The molecule has 1 N–H and O–H groups in total. The van der Waals surface area contributed by atoms with E-state index < -0.39 is 0 Å². The fourth-order valence-corrected chi connectivity index (χ4v) is 2.44. The van der Waals surface area contributed by atoms with E-state index in [2.05, 4.69) is 24.1 Å². The fraction of sp³-hybridized carbons (Fsp3) is 0.600. The Labute approximate surface area is 115 Å². The molecule has 0 aromatic carbocycles. The summed E-state index contributed by atoms with van der Waals surface area (Å²) in [5.74, 6) is 1.55. The van der Waals surface area contributed by atoms with E-state index in [4.69, 9.17) is 0 Å². The highest BCUT2D eigenvalue weighted by molar-refractivity contribution is 5.95. The van der Waals surface area contributed by atoms with Gasteiger partial charge in [-0.1, -0.05) is 13.8 Å². The van der Waals surface area contributed by atoms with Crippen LogP contribution >= 0.6 is 0 Å². The molecule has 0 saturated carbocycles. The van der Waals surface area contributed by atoms with E-state index in [1.807, 2.05) is 24.0 Å². The summed E-state index contributed by atoms with van der Waals surface area (Å²) in [5, 5.41) is 3.25. The fourth-order valence-electron chi connectivity index (χ4n) is 2.44. The topological polar surface area (TPSA) is 45.2 Å². The number of anilines is 1. The number of amides is 1. The summed E-state index contributed by atoms with van der Waals surface area (Å²) in [6.45, 7) is 8.86. The predicted octanol–water partition coefficient (Wildman–Crippen LogP) is 2.69. The van der Waals surface area contributed by atoms with Crippen molar-refractivity contribution in [2.45, 2.75) is 33.6 Å². The Kier molecular flexibility index (Phi) is 4.40. The molecule has 1 fully saturated rings. The maximum absolute atomic E-state index is 12.4. The van der Waals surface area contributed by atoms with E-state index in [0.717, 1.165) is 49.6 Å². The van der Waals surface area contributed by atoms with Crippen molar-refractivity contribution in [2.75, 3.05) is 25.0 Å². The zero-order chi connectivity index (χ0) is 13.8. The lowest BCUT2D eigenvalue weighted by atomic mass is 10.2. The van der Waals surface area contributed by atoms with Crippen molar-refractivity contribution in [2.24, 2.45) is 5.92 Å². The lowest BCUT2D eigenvalue weighted by molar-refractivity contribution is 0.0788. The SMILES string of the molecule is CCCNc1cc(C(=O)N2CCC(C)C2)cc(C)n1. The standard InChI is InChI=1S/C15H23N3O/c1-4-6-16-14-9-13(8-12(3)17-14)15(19)18-7-5-11(2)10-18/h8-9,11H,4-7,10H2,1-3H3,(H,16,17). The van der Waals surface area contributed by atoms with Crippen LogP contribution in [0.3, 0.4) is 0 Å². The molecular weight excluding hydrogens is 238 g/mol. The third kappa shape index (κ3) is 3.46. The van der Waals surface area contributed by atoms with Crippen LogP contribution < -0.4 is 5.32 Å². The molecule has 2 heterocycles. The van der Waals surface area contributed by atoms with Gasteiger partial charge in [0.2, 0.25) is 0 Å². The number of carbonyl (C=O) groups excluding carboxylic acids is 1. The van der Waals surface area contributed by atoms with Crippen molar-refractivity contribution in [3.63, 3.8) is 0 Å². The highest BCUT2D eigenvalue weighted by Gasteiger charge is 2.24. The molecule has 1 unspecified atom stereocenters. The van der Waals surface area contributed by atoms with E-state index in [1.165, 1.54) is 0 Å². The molecule has 1 amide bonds. The van der Waals surface area contributed by atoms with Crippen molar-refractivity contribution >= 4 is 11.7 Å². The Morgan fingerprint density at radius 2 is 2.32 bits per heavy atom. The van der Waals surface area contributed by atoms with Crippen molar-refractivity contribution in [1.82, 2.24) is 9.88 Å². The first-order valence-corrected chi connectivity index (χ1v) is 7.12. The highest BCUT2D eigenvalue weighted by Crippen LogP contribution is 2.19. The maximum Gasteiger partial charge on any atom is 0.254 e. The summed E-state index contributed by atoms with van der Waals surface area (Å²) in [5.41, 5.74) is 1.64. The van der Waals surface area contributed by atoms with Gasteiger partial charge in [0.15, 0.2) is 0 Å². The molecule has 4 heteroatoms. The molecule has 0 bridgehead atoms. The molecule has 4 nitrogen and oxygen atoms in total. The van der Waals surface area contributed by atoms with Crippen LogP contribution in [0.25, 0.3) is 0 Å². The first-order valence-electron chi connectivity index (χ1n) is 7.12. The van der Waals surface area contributed by atoms with Gasteiger partial charge in [-0.3, -0.25) is 4.79 Å². The minimum absolute atomic E-state index is 0.134. The van der Waals surface area contributed by atoms with Gasteiger partial charge in [0, 0.05) is 30.9 Å². The summed E-state index contributed by atoms with van der Waals surface area (Å²) in [4.78, 5) is 18.8. The quantitative estimate of drug-likeness (QED) is 0.906. The normalized spacial score (nSPS) is 18.7. The van der Waals surface area contributed by atoms with E-state index in [9.17, 15) is 4.79 Å². The van der Waals surface area contributed by atoms with Crippen LogP contribution in [0.15, 0.2) is 12.1 Å². The molecule has 1 aromatic heterocycles. The molecule has 19 heavy (non-hydrogen) atoms. The number of carbonyl (C=O) groups is 1. The minimum atomic E-state index is 0.134. The van der Waals surface area contributed by atoms with Crippen LogP contribution in [-0.2, 0) is 0 Å². The number of rotatable bonds is 4. The Hall–Kier alpha value is -1.58. The predicted molar refractivity (Wildman–Crippen MR) is 77.4 cm³/mol. The Bertz CT molecular complexity index is 459. The summed E-state index contributed by atoms with van der Waals surface area (Å²) >= 11 is 0. The minimum Gasteiger partial charge on any atom is -0.370 e. The van der Waals surface area contributed by atoms with Crippen LogP contribution in [0.5, 0.6) is 0 Å². The third-order valence-corrected chi connectivity index (χ3v) is 3.47. The summed E-state index contributed by atoms with van der Waals surface area (Å²) < 4.78 is 0. The highest BCUT2D eigenvalue weighted by atomic mass is 16.2. The molecule has 2 rings (SSSR count). The van der Waals surface area contributed by atoms with Gasteiger partial charge in [-0.05, 0) is 37.8 Å². The Morgan fingerprint density at radius 3 is 2.95 bits per heavy atom. The van der Waals surface area contributed by atoms with Crippen molar-refractivity contribution in [1.29, 1.82) is 0 Å². The maximum atomic E-state index is 12.4. The number of pyridine rings is 1. The second-order valence-electron chi connectivity index (χ2n) is 5.45. The average molecular weight is 261 g/mol.